The van der Waals surface area contributed by atoms with E-state index in [1.54, 1.807) is 19.1 Å². The van der Waals surface area contributed by atoms with Crippen LogP contribution in [0.3, 0.4) is 0 Å². The molecule has 0 radical (unpaired) electrons. The maximum absolute atomic E-state index is 12.2. The van der Waals surface area contributed by atoms with Gasteiger partial charge in [-0.3, -0.25) is 4.79 Å². The van der Waals surface area contributed by atoms with Gasteiger partial charge in [-0.2, -0.15) is 0 Å². The third kappa shape index (κ3) is 2.63. The Bertz CT molecular complexity index is 416. The van der Waals surface area contributed by atoms with Crippen LogP contribution in [0.2, 0.25) is 0 Å². The van der Waals surface area contributed by atoms with Crippen LogP contribution in [-0.4, -0.2) is 23.1 Å². The second-order valence-corrected chi connectivity index (χ2v) is 5.26. The number of allylic oxidation sites excluding steroid dienone is 2. The SMILES string of the molecule is CC1(C(=O)OC2CCCC2)C=CC=C(C(=O)O)C1. The largest absolute Gasteiger partial charge is 0.478 e. The fourth-order valence-electron chi connectivity index (χ4n) is 2.47. The molecule has 0 amide bonds. The number of carboxylic acid groups (broad SMARTS) is 1. The van der Waals surface area contributed by atoms with Gasteiger partial charge in [-0.15, -0.1) is 0 Å². The number of carbonyl (C=O) groups is 2. The van der Waals surface area contributed by atoms with Crippen LogP contribution >= 0.6 is 0 Å². The predicted octanol–water partition coefficient (Wildman–Crippen LogP) is 2.45. The molecular weight excluding hydrogens is 232 g/mol. The van der Waals surface area contributed by atoms with Crippen LogP contribution in [0.4, 0.5) is 0 Å². The summed E-state index contributed by atoms with van der Waals surface area (Å²) in [6.45, 7) is 1.73. The highest BCUT2D eigenvalue weighted by Crippen LogP contribution is 2.34. The van der Waals surface area contributed by atoms with Crippen molar-refractivity contribution < 1.29 is 19.4 Å². The predicted molar refractivity (Wildman–Crippen MR) is 65.9 cm³/mol. The van der Waals surface area contributed by atoms with E-state index in [1.165, 1.54) is 6.08 Å². The molecule has 4 nitrogen and oxygen atoms in total. The van der Waals surface area contributed by atoms with Gasteiger partial charge in [-0.05, 0) is 39.0 Å². The van der Waals surface area contributed by atoms with Crippen LogP contribution in [0.25, 0.3) is 0 Å². The molecule has 18 heavy (non-hydrogen) atoms. The van der Waals surface area contributed by atoms with E-state index in [4.69, 9.17) is 9.84 Å². The summed E-state index contributed by atoms with van der Waals surface area (Å²) in [4.78, 5) is 23.1. The highest BCUT2D eigenvalue weighted by molar-refractivity contribution is 5.90. The minimum absolute atomic E-state index is 0.0157. The molecule has 2 aliphatic rings. The highest BCUT2D eigenvalue weighted by atomic mass is 16.5. The number of esters is 1. The van der Waals surface area contributed by atoms with Gasteiger partial charge in [0.15, 0.2) is 0 Å². The lowest BCUT2D eigenvalue weighted by Gasteiger charge is -2.27. The summed E-state index contributed by atoms with van der Waals surface area (Å²) in [6, 6.07) is 0. The highest BCUT2D eigenvalue weighted by Gasteiger charge is 2.37. The number of hydrogen-bond acceptors (Lipinski definition) is 3. The molecule has 4 heteroatoms. The average molecular weight is 250 g/mol. The lowest BCUT2D eigenvalue weighted by atomic mass is 9.80. The molecule has 0 heterocycles. The Hall–Kier alpha value is -1.58. The van der Waals surface area contributed by atoms with Crippen molar-refractivity contribution in [2.24, 2.45) is 5.41 Å². The van der Waals surface area contributed by atoms with Crippen molar-refractivity contribution in [3.05, 3.63) is 23.8 Å². The topological polar surface area (TPSA) is 63.6 Å². The molecule has 2 aliphatic carbocycles. The molecule has 98 valence electrons. The van der Waals surface area contributed by atoms with Gasteiger partial charge in [-0.25, -0.2) is 4.79 Å². The summed E-state index contributed by atoms with van der Waals surface area (Å²) in [6.07, 6.45) is 9.16. The van der Waals surface area contributed by atoms with Gasteiger partial charge in [-0.1, -0.05) is 18.2 Å². The Balaban J connectivity index is 2.03. The van der Waals surface area contributed by atoms with E-state index < -0.39 is 11.4 Å². The van der Waals surface area contributed by atoms with E-state index in [0.29, 0.717) is 0 Å². The Labute approximate surface area is 106 Å². The molecule has 0 saturated heterocycles. The standard InChI is InChI=1S/C14H18O4/c1-14(8-4-5-10(9-14)12(15)16)13(17)18-11-6-2-3-7-11/h4-5,8,11H,2-3,6-7,9H2,1H3,(H,15,16). The van der Waals surface area contributed by atoms with Crippen molar-refractivity contribution >= 4 is 11.9 Å². The summed E-state index contributed by atoms with van der Waals surface area (Å²) in [5.74, 6) is -1.28. The van der Waals surface area contributed by atoms with Gasteiger partial charge in [0.2, 0.25) is 0 Å². The molecular formula is C14H18O4. The van der Waals surface area contributed by atoms with Crippen molar-refractivity contribution in [3.63, 3.8) is 0 Å². The molecule has 0 aromatic rings. The van der Waals surface area contributed by atoms with Crippen LogP contribution in [0, 0.1) is 5.41 Å². The number of ether oxygens (including phenoxy) is 1. The van der Waals surface area contributed by atoms with Gasteiger partial charge in [0, 0.05) is 5.57 Å². The van der Waals surface area contributed by atoms with Crippen molar-refractivity contribution in [2.45, 2.75) is 45.1 Å². The zero-order valence-corrected chi connectivity index (χ0v) is 10.5. The van der Waals surface area contributed by atoms with E-state index in [-0.39, 0.29) is 24.1 Å². The van der Waals surface area contributed by atoms with Crippen LogP contribution < -0.4 is 0 Å². The monoisotopic (exact) mass is 250 g/mol. The fraction of sp³-hybridized carbons (Fsp3) is 0.571. The minimum Gasteiger partial charge on any atom is -0.478 e. The van der Waals surface area contributed by atoms with Crippen LogP contribution in [0.5, 0.6) is 0 Å². The van der Waals surface area contributed by atoms with E-state index in [2.05, 4.69) is 0 Å². The van der Waals surface area contributed by atoms with Gasteiger partial charge in [0.1, 0.15) is 6.10 Å². The molecule has 0 aromatic heterocycles. The van der Waals surface area contributed by atoms with E-state index >= 15 is 0 Å². The number of hydrogen-bond donors (Lipinski definition) is 1. The second-order valence-electron chi connectivity index (χ2n) is 5.26. The van der Waals surface area contributed by atoms with Crippen LogP contribution in [0.1, 0.15) is 39.0 Å². The van der Waals surface area contributed by atoms with Gasteiger partial charge < -0.3 is 9.84 Å². The van der Waals surface area contributed by atoms with E-state index in [1.807, 2.05) is 0 Å². The Morgan fingerprint density at radius 1 is 1.39 bits per heavy atom. The van der Waals surface area contributed by atoms with Gasteiger partial charge in [0.05, 0.1) is 5.41 Å². The number of carboxylic acids is 1. The molecule has 1 unspecified atom stereocenters. The van der Waals surface area contributed by atoms with Crippen molar-refractivity contribution in [1.29, 1.82) is 0 Å². The Morgan fingerprint density at radius 3 is 2.67 bits per heavy atom. The summed E-state index contributed by atoms with van der Waals surface area (Å²) >= 11 is 0. The van der Waals surface area contributed by atoms with Crippen LogP contribution in [-0.2, 0) is 14.3 Å². The fourth-order valence-corrected chi connectivity index (χ4v) is 2.47. The summed E-state index contributed by atoms with van der Waals surface area (Å²) in [7, 11) is 0. The van der Waals surface area contributed by atoms with E-state index in [0.717, 1.165) is 25.7 Å². The summed E-state index contributed by atoms with van der Waals surface area (Å²) < 4.78 is 5.47. The first-order valence-corrected chi connectivity index (χ1v) is 6.34. The number of aliphatic carboxylic acids is 1. The molecule has 1 fully saturated rings. The molecule has 1 atom stereocenters. The van der Waals surface area contributed by atoms with E-state index in [9.17, 15) is 9.59 Å². The third-order valence-corrected chi connectivity index (χ3v) is 3.64. The number of carbonyl (C=O) groups excluding carboxylic acids is 1. The first-order chi connectivity index (χ1) is 8.51. The normalized spacial score (nSPS) is 27.9. The maximum Gasteiger partial charge on any atom is 0.331 e. The summed E-state index contributed by atoms with van der Waals surface area (Å²) in [5.41, 5.74) is -0.589. The minimum atomic E-state index is -0.973. The Morgan fingerprint density at radius 2 is 2.06 bits per heavy atom. The van der Waals surface area contributed by atoms with Crippen molar-refractivity contribution in [2.75, 3.05) is 0 Å². The zero-order valence-electron chi connectivity index (χ0n) is 10.5. The van der Waals surface area contributed by atoms with Crippen molar-refractivity contribution in [1.82, 2.24) is 0 Å². The van der Waals surface area contributed by atoms with Crippen LogP contribution in [0.15, 0.2) is 23.8 Å². The second kappa shape index (κ2) is 4.96. The van der Waals surface area contributed by atoms with Gasteiger partial charge in [0.25, 0.3) is 0 Å². The molecule has 2 rings (SSSR count). The first kappa shape index (κ1) is 12.9. The zero-order chi connectivity index (χ0) is 13.2. The average Bonchev–Trinajstić information content (AvgIpc) is 2.82. The Kier molecular flexibility index (Phi) is 3.55. The lowest BCUT2D eigenvalue weighted by molar-refractivity contribution is -0.157. The summed E-state index contributed by atoms with van der Waals surface area (Å²) in [5, 5.41) is 8.98. The first-order valence-electron chi connectivity index (χ1n) is 6.34. The molecule has 1 saturated carbocycles. The lowest BCUT2D eigenvalue weighted by Crippen LogP contribution is -2.33. The smallest absolute Gasteiger partial charge is 0.331 e. The number of rotatable bonds is 3. The molecule has 0 aliphatic heterocycles. The van der Waals surface area contributed by atoms with Gasteiger partial charge >= 0.3 is 11.9 Å². The third-order valence-electron chi connectivity index (χ3n) is 3.64. The maximum atomic E-state index is 12.2. The quantitative estimate of drug-likeness (QED) is 0.781. The molecule has 1 N–H and O–H groups in total. The molecule has 0 spiro atoms. The molecule has 0 bridgehead atoms. The van der Waals surface area contributed by atoms with Crippen molar-refractivity contribution in [3.8, 4) is 0 Å². The molecule has 0 aromatic carbocycles.